The van der Waals surface area contributed by atoms with Crippen molar-refractivity contribution in [1.29, 1.82) is 0 Å². The predicted octanol–water partition coefficient (Wildman–Crippen LogP) is 2.98. The first-order chi connectivity index (χ1) is 14.0. The topological polar surface area (TPSA) is 47.6 Å². The van der Waals surface area contributed by atoms with Gasteiger partial charge in [-0.15, -0.1) is 0 Å². The number of carbonyl (C=O) groups is 1. The molecule has 1 heterocycles. The number of carbonyl (C=O) groups excluding carboxylic acids is 1. The van der Waals surface area contributed by atoms with Crippen molar-refractivity contribution in [2.24, 2.45) is 0 Å². The molecule has 0 bridgehead atoms. The number of rotatable bonds is 6. The van der Waals surface area contributed by atoms with Gasteiger partial charge in [0.05, 0.1) is 6.54 Å². The second kappa shape index (κ2) is 10.4. The SMILES string of the molecule is Cc1cccc(NC(=O)CN2CCN(C(=S)NCCc3ccccc3)CC2)c1C. The molecule has 29 heavy (non-hydrogen) atoms. The Kier molecular flexibility index (Phi) is 7.61. The van der Waals surface area contributed by atoms with E-state index in [1.54, 1.807) is 0 Å². The molecular formula is C23H30N4OS. The van der Waals surface area contributed by atoms with Crippen LogP contribution in [-0.4, -0.2) is 60.1 Å². The van der Waals surface area contributed by atoms with E-state index in [1.165, 1.54) is 11.1 Å². The predicted molar refractivity (Wildman–Crippen MR) is 123 cm³/mol. The van der Waals surface area contributed by atoms with E-state index in [2.05, 4.69) is 57.7 Å². The van der Waals surface area contributed by atoms with Crippen LogP contribution in [-0.2, 0) is 11.2 Å². The molecule has 0 saturated carbocycles. The van der Waals surface area contributed by atoms with Gasteiger partial charge in [-0.05, 0) is 55.2 Å². The second-order valence-corrected chi connectivity index (χ2v) is 7.91. The maximum Gasteiger partial charge on any atom is 0.238 e. The van der Waals surface area contributed by atoms with Gasteiger partial charge < -0.3 is 15.5 Å². The molecule has 1 aliphatic heterocycles. The molecule has 3 rings (SSSR count). The van der Waals surface area contributed by atoms with Gasteiger partial charge in [0.15, 0.2) is 5.11 Å². The molecule has 0 spiro atoms. The zero-order valence-electron chi connectivity index (χ0n) is 17.3. The highest BCUT2D eigenvalue weighted by Crippen LogP contribution is 2.18. The Hall–Kier alpha value is -2.44. The highest BCUT2D eigenvalue weighted by molar-refractivity contribution is 7.80. The Morgan fingerprint density at radius 3 is 2.45 bits per heavy atom. The van der Waals surface area contributed by atoms with Crippen LogP contribution >= 0.6 is 12.2 Å². The van der Waals surface area contributed by atoms with E-state index in [0.717, 1.165) is 55.5 Å². The van der Waals surface area contributed by atoms with Crippen molar-refractivity contribution in [2.75, 3.05) is 44.6 Å². The third kappa shape index (κ3) is 6.27. The molecule has 0 aromatic heterocycles. The van der Waals surface area contributed by atoms with Gasteiger partial charge in [0.25, 0.3) is 0 Å². The van der Waals surface area contributed by atoms with Crippen molar-refractivity contribution >= 4 is 28.9 Å². The van der Waals surface area contributed by atoms with E-state index in [9.17, 15) is 4.79 Å². The molecule has 154 valence electrons. The maximum atomic E-state index is 12.4. The lowest BCUT2D eigenvalue weighted by molar-refractivity contribution is -0.117. The van der Waals surface area contributed by atoms with Gasteiger partial charge in [-0.3, -0.25) is 9.69 Å². The van der Waals surface area contributed by atoms with Crippen molar-refractivity contribution in [1.82, 2.24) is 15.1 Å². The van der Waals surface area contributed by atoms with Crippen molar-refractivity contribution in [3.63, 3.8) is 0 Å². The highest BCUT2D eigenvalue weighted by Gasteiger charge is 2.20. The van der Waals surface area contributed by atoms with E-state index in [-0.39, 0.29) is 5.91 Å². The van der Waals surface area contributed by atoms with E-state index < -0.39 is 0 Å². The Balaban J connectivity index is 1.37. The molecule has 1 saturated heterocycles. The lowest BCUT2D eigenvalue weighted by Crippen LogP contribution is -2.53. The molecule has 6 heteroatoms. The fourth-order valence-electron chi connectivity index (χ4n) is 3.46. The first-order valence-electron chi connectivity index (χ1n) is 10.2. The van der Waals surface area contributed by atoms with Crippen LogP contribution in [0.5, 0.6) is 0 Å². The number of nitrogens with one attached hydrogen (secondary N) is 2. The smallest absolute Gasteiger partial charge is 0.238 e. The number of aryl methyl sites for hydroxylation is 1. The van der Waals surface area contributed by atoms with Crippen LogP contribution in [0.4, 0.5) is 5.69 Å². The van der Waals surface area contributed by atoms with E-state index in [4.69, 9.17) is 12.2 Å². The van der Waals surface area contributed by atoms with Crippen LogP contribution in [0.2, 0.25) is 0 Å². The molecule has 0 radical (unpaired) electrons. The Labute approximate surface area is 179 Å². The summed E-state index contributed by atoms with van der Waals surface area (Å²) in [5.41, 5.74) is 4.52. The van der Waals surface area contributed by atoms with Crippen molar-refractivity contribution in [3.8, 4) is 0 Å². The number of hydrogen-bond acceptors (Lipinski definition) is 3. The fraction of sp³-hybridized carbons (Fsp3) is 0.391. The van der Waals surface area contributed by atoms with Gasteiger partial charge in [0.2, 0.25) is 5.91 Å². The molecule has 5 nitrogen and oxygen atoms in total. The van der Waals surface area contributed by atoms with E-state index in [0.29, 0.717) is 6.54 Å². The zero-order valence-corrected chi connectivity index (χ0v) is 18.1. The second-order valence-electron chi connectivity index (χ2n) is 7.53. The standard InChI is InChI=1S/C23H30N4OS/c1-18-7-6-10-21(19(18)2)25-22(28)17-26-13-15-27(16-14-26)23(29)24-12-11-20-8-4-3-5-9-20/h3-10H,11-17H2,1-2H3,(H,24,29)(H,25,28). The third-order valence-corrected chi connectivity index (χ3v) is 5.84. The van der Waals surface area contributed by atoms with Crippen LogP contribution in [0.1, 0.15) is 16.7 Å². The summed E-state index contributed by atoms with van der Waals surface area (Å²) in [6.45, 7) is 8.69. The van der Waals surface area contributed by atoms with Crippen molar-refractivity contribution in [3.05, 3.63) is 65.2 Å². The van der Waals surface area contributed by atoms with Gasteiger partial charge in [-0.25, -0.2) is 0 Å². The quantitative estimate of drug-likeness (QED) is 0.717. The van der Waals surface area contributed by atoms with Crippen LogP contribution in [0.25, 0.3) is 0 Å². The molecule has 0 aliphatic carbocycles. The summed E-state index contributed by atoms with van der Waals surface area (Å²) < 4.78 is 0. The largest absolute Gasteiger partial charge is 0.362 e. The van der Waals surface area contributed by atoms with E-state index >= 15 is 0 Å². The summed E-state index contributed by atoms with van der Waals surface area (Å²) in [5, 5.41) is 7.21. The maximum absolute atomic E-state index is 12.4. The summed E-state index contributed by atoms with van der Waals surface area (Å²) in [6.07, 6.45) is 0.958. The summed E-state index contributed by atoms with van der Waals surface area (Å²) in [7, 11) is 0. The monoisotopic (exact) mass is 410 g/mol. The average Bonchev–Trinajstić information content (AvgIpc) is 2.72. The molecule has 1 amide bonds. The van der Waals surface area contributed by atoms with Crippen LogP contribution in [0.3, 0.4) is 0 Å². The number of hydrogen-bond donors (Lipinski definition) is 2. The fourth-order valence-corrected chi connectivity index (χ4v) is 3.74. The zero-order chi connectivity index (χ0) is 20.6. The summed E-state index contributed by atoms with van der Waals surface area (Å²) in [6, 6.07) is 16.4. The number of amides is 1. The summed E-state index contributed by atoms with van der Waals surface area (Å²) >= 11 is 5.55. The van der Waals surface area contributed by atoms with Gasteiger partial charge in [0, 0.05) is 38.4 Å². The molecule has 1 fully saturated rings. The van der Waals surface area contributed by atoms with Gasteiger partial charge in [0.1, 0.15) is 0 Å². The number of thiocarbonyl (C=S) groups is 1. The van der Waals surface area contributed by atoms with Crippen LogP contribution in [0.15, 0.2) is 48.5 Å². The average molecular weight is 411 g/mol. The number of anilines is 1. The lowest BCUT2D eigenvalue weighted by Gasteiger charge is -2.35. The molecule has 2 aromatic carbocycles. The van der Waals surface area contributed by atoms with Gasteiger partial charge in [-0.2, -0.15) is 0 Å². The molecule has 2 aromatic rings. The first-order valence-corrected chi connectivity index (χ1v) is 10.6. The molecular weight excluding hydrogens is 380 g/mol. The number of nitrogens with zero attached hydrogens (tertiary/aromatic N) is 2. The van der Waals surface area contributed by atoms with Gasteiger partial charge in [-0.1, -0.05) is 42.5 Å². The number of benzene rings is 2. The molecule has 2 N–H and O–H groups in total. The van der Waals surface area contributed by atoms with Crippen LogP contribution < -0.4 is 10.6 Å². The minimum absolute atomic E-state index is 0.0377. The minimum atomic E-state index is 0.0377. The lowest BCUT2D eigenvalue weighted by atomic mass is 10.1. The normalized spacial score (nSPS) is 14.5. The Morgan fingerprint density at radius 1 is 1.00 bits per heavy atom. The number of piperazine rings is 1. The molecule has 1 aliphatic rings. The van der Waals surface area contributed by atoms with Gasteiger partial charge >= 0.3 is 0 Å². The van der Waals surface area contributed by atoms with Crippen molar-refractivity contribution in [2.45, 2.75) is 20.3 Å². The Morgan fingerprint density at radius 2 is 1.72 bits per heavy atom. The third-order valence-electron chi connectivity index (χ3n) is 5.44. The van der Waals surface area contributed by atoms with E-state index in [1.807, 2.05) is 25.1 Å². The molecule has 0 atom stereocenters. The highest BCUT2D eigenvalue weighted by atomic mass is 32.1. The summed E-state index contributed by atoms with van der Waals surface area (Å²) in [5.74, 6) is 0.0377. The Bertz CT molecular complexity index is 832. The minimum Gasteiger partial charge on any atom is -0.362 e. The summed E-state index contributed by atoms with van der Waals surface area (Å²) in [4.78, 5) is 16.8. The van der Waals surface area contributed by atoms with Crippen molar-refractivity contribution < 1.29 is 4.79 Å². The first kappa shape index (κ1) is 21.3. The van der Waals surface area contributed by atoms with Crippen LogP contribution in [0, 0.1) is 13.8 Å². The molecule has 0 unspecified atom stereocenters.